The molecule has 1 aromatic carbocycles. The first kappa shape index (κ1) is 15.1. The molecule has 1 aromatic rings. The molecular formula is C12H14N2O4S. The summed E-state index contributed by atoms with van der Waals surface area (Å²) in [6, 6.07) is 7.42. The van der Waals surface area contributed by atoms with Gasteiger partial charge in [0.05, 0.1) is 23.6 Å². The number of hydrogen-bond donors (Lipinski definition) is 0. The van der Waals surface area contributed by atoms with E-state index in [0.29, 0.717) is 5.56 Å². The molecule has 0 fully saturated rings. The molecule has 0 radical (unpaired) electrons. The van der Waals surface area contributed by atoms with Crippen molar-refractivity contribution in [3.8, 4) is 6.07 Å². The fourth-order valence-corrected chi connectivity index (χ4v) is 2.82. The maximum absolute atomic E-state index is 12.2. The summed E-state index contributed by atoms with van der Waals surface area (Å²) in [7, 11) is -2.56. The zero-order valence-corrected chi connectivity index (χ0v) is 11.5. The fourth-order valence-electron chi connectivity index (χ4n) is 1.43. The lowest BCUT2D eigenvalue weighted by Gasteiger charge is -2.19. The van der Waals surface area contributed by atoms with Crippen LogP contribution in [0.25, 0.3) is 0 Å². The average molecular weight is 282 g/mol. The van der Waals surface area contributed by atoms with Gasteiger partial charge >= 0.3 is 5.97 Å². The second-order valence-corrected chi connectivity index (χ2v) is 5.58. The number of carbonyl (C=O) groups excluding carboxylic acids is 1. The van der Waals surface area contributed by atoms with Crippen molar-refractivity contribution in [1.82, 2.24) is 4.31 Å². The molecule has 19 heavy (non-hydrogen) atoms. The van der Waals surface area contributed by atoms with Crippen molar-refractivity contribution in [1.29, 1.82) is 5.26 Å². The Kier molecular flexibility index (Phi) is 5.03. The maximum atomic E-state index is 12.2. The summed E-state index contributed by atoms with van der Waals surface area (Å²) in [6.07, 6.45) is 0. The van der Waals surface area contributed by atoms with Crippen LogP contribution in [-0.4, -0.2) is 38.9 Å². The van der Waals surface area contributed by atoms with Crippen molar-refractivity contribution in [2.24, 2.45) is 0 Å². The molecule has 0 atom stereocenters. The lowest BCUT2D eigenvalue weighted by Crippen LogP contribution is -2.36. The number of nitriles is 1. The van der Waals surface area contributed by atoms with Gasteiger partial charge in [-0.15, -0.1) is 0 Å². The maximum Gasteiger partial charge on any atom is 0.321 e. The normalized spacial score (nSPS) is 11.1. The molecule has 0 bridgehead atoms. The Labute approximate surface area is 112 Å². The topological polar surface area (TPSA) is 87.5 Å². The highest BCUT2D eigenvalue weighted by Gasteiger charge is 2.25. The van der Waals surface area contributed by atoms with E-state index in [-0.39, 0.29) is 18.0 Å². The van der Waals surface area contributed by atoms with E-state index >= 15 is 0 Å². The summed E-state index contributed by atoms with van der Waals surface area (Å²) < 4.78 is 30.0. The van der Waals surface area contributed by atoms with Gasteiger partial charge in [0.2, 0.25) is 10.0 Å². The van der Waals surface area contributed by atoms with Crippen LogP contribution in [0.3, 0.4) is 0 Å². The summed E-state index contributed by atoms with van der Waals surface area (Å²) in [5.41, 5.74) is 0.370. The molecule has 0 amide bonds. The van der Waals surface area contributed by atoms with Crippen molar-refractivity contribution in [2.45, 2.75) is 11.8 Å². The van der Waals surface area contributed by atoms with Gasteiger partial charge in [-0.05, 0) is 24.3 Å². The molecule has 0 saturated heterocycles. The minimum Gasteiger partial charge on any atom is -0.468 e. The second-order valence-electron chi connectivity index (χ2n) is 3.64. The Balaban J connectivity index is 3.06. The van der Waals surface area contributed by atoms with E-state index < -0.39 is 16.0 Å². The Morgan fingerprint density at radius 1 is 1.37 bits per heavy atom. The largest absolute Gasteiger partial charge is 0.468 e. The first-order chi connectivity index (χ1) is 8.95. The second kappa shape index (κ2) is 6.31. The van der Waals surface area contributed by atoms with E-state index in [1.54, 1.807) is 6.92 Å². The van der Waals surface area contributed by atoms with Crippen LogP contribution in [0.15, 0.2) is 29.2 Å². The van der Waals surface area contributed by atoms with Crippen molar-refractivity contribution in [3.63, 3.8) is 0 Å². The summed E-state index contributed by atoms with van der Waals surface area (Å²) >= 11 is 0. The number of carbonyl (C=O) groups is 1. The number of nitrogens with zero attached hydrogens (tertiary/aromatic N) is 2. The molecular weight excluding hydrogens is 268 g/mol. The van der Waals surface area contributed by atoms with Crippen LogP contribution in [0, 0.1) is 11.3 Å². The quantitative estimate of drug-likeness (QED) is 0.743. The van der Waals surface area contributed by atoms with E-state index in [1.807, 2.05) is 6.07 Å². The fraction of sp³-hybridized carbons (Fsp3) is 0.333. The van der Waals surface area contributed by atoms with Crippen molar-refractivity contribution in [3.05, 3.63) is 29.8 Å². The summed E-state index contributed by atoms with van der Waals surface area (Å²) in [4.78, 5) is 11.2. The molecule has 0 spiro atoms. The van der Waals surface area contributed by atoms with Gasteiger partial charge in [-0.1, -0.05) is 6.92 Å². The van der Waals surface area contributed by atoms with Gasteiger partial charge in [0.1, 0.15) is 6.54 Å². The Morgan fingerprint density at radius 3 is 2.37 bits per heavy atom. The molecule has 0 heterocycles. The van der Waals surface area contributed by atoms with Crippen LogP contribution in [0.2, 0.25) is 0 Å². The highest BCUT2D eigenvalue weighted by Crippen LogP contribution is 2.16. The monoisotopic (exact) mass is 282 g/mol. The first-order valence-electron chi connectivity index (χ1n) is 5.52. The number of hydrogen-bond acceptors (Lipinski definition) is 5. The highest BCUT2D eigenvalue weighted by molar-refractivity contribution is 7.89. The zero-order valence-electron chi connectivity index (χ0n) is 10.7. The van der Waals surface area contributed by atoms with Gasteiger partial charge in [0.15, 0.2) is 0 Å². The van der Waals surface area contributed by atoms with Gasteiger partial charge in [-0.2, -0.15) is 9.57 Å². The summed E-state index contributed by atoms with van der Waals surface area (Å²) in [5.74, 6) is -0.626. The van der Waals surface area contributed by atoms with E-state index in [9.17, 15) is 13.2 Å². The number of esters is 1. The van der Waals surface area contributed by atoms with Crippen LogP contribution >= 0.6 is 0 Å². The van der Waals surface area contributed by atoms with Crippen LogP contribution in [0.1, 0.15) is 12.5 Å². The smallest absolute Gasteiger partial charge is 0.321 e. The lowest BCUT2D eigenvalue weighted by molar-refractivity contribution is -0.140. The molecule has 7 heteroatoms. The van der Waals surface area contributed by atoms with E-state index in [1.165, 1.54) is 31.4 Å². The number of sulfonamides is 1. The Hall–Kier alpha value is -1.91. The summed E-state index contributed by atoms with van der Waals surface area (Å²) in [6.45, 7) is 1.44. The molecule has 102 valence electrons. The van der Waals surface area contributed by atoms with Crippen LogP contribution < -0.4 is 0 Å². The SMILES string of the molecule is CCN(CC(=O)OC)S(=O)(=O)c1ccc(C#N)cc1. The third kappa shape index (κ3) is 3.53. The number of methoxy groups -OCH3 is 1. The summed E-state index contributed by atoms with van der Waals surface area (Å²) in [5, 5.41) is 8.67. The predicted octanol–water partition coefficient (Wildman–Crippen LogP) is 0.742. The minimum atomic E-state index is -3.76. The van der Waals surface area contributed by atoms with Gasteiger partial charge in [0, 0.05) is 6.54 Å². The molecule has 1 rings (SSSR count). The zero-order chi connectivity index (χ0) is 14.5. The van der Waals surface area contributed by atoms with Crippen LogP contribution in [0.5, 0.6) is 0 Å². The van der Waals surface area contributed by atoms with Gasteiger partial charge in [-0.3, -0.25) is 4.79 Å². The minimum absolute atomic E-state index is 0.0391. The standard InChI is InChI=1S/C12H14N2O4S/c1-3-14(9-12(15)18-2)19(16,17)11-6-4-10(8-13)5-7-11/h4-7H,3,9H2,1-2H3. The Bertz CT molecular complexity index is 587. The molecule has 0 aliphatic rings. The van der Waals surface area contributed by atoms with Crippen molar-refractivity contribution < 1.29 is 17.9 Å². The molecule has 0 unspecified atom stereocenters. The van der Waals surface area contributed by atoms with E-state index in [0.717, 1.165) is 4.31 Å². The third-order valence-corrected chi connectivity index (χ3v) is 4.44. The van der Waals surface area contributed by atoms with E-state index in [4.69, 9.17) is 5.26 Å². The molecule has 0 N–H and O–H groups in total. The predicted molar refractivity (Wildman–Crippen MR) is 67.6 cm³/mol. The molecule has 0 aliphatic heterocycles. The number of likely N-dealkylation sites (N-methyl/N-ethyl adjacent to an activating group) is 1. The molecule has 0 aliphatic carbocycles. The first-order valence-corrected chi connectivity index (χ1v) is 6.96. The molecule has 0 aromatic heterocycles. The van der Waals surface area contributed by atoms with Gasteiger partial charge < -0.3 is 4.74 Å². The molecule has 0 saturated carbocycles. The molecule has 6 nitrogen and oxygen atoms in total. The van der Waals surface area contributed by atoms with Crippen molar-refractivity contribution >= 4 is 16.0 Å². The average Bonchev–Trinajstić information content (AvgIpc) is 2.44. The highest BCUT2D eigenvalue weighted by atomic mass is 32.2. The van der Waals surface area contributed by atoms with Gasteiger partial charge in [-0.25, -0.2) is 8.42 Å². The number of benzene rings is 1. The Morgan fingerprint density at radius 2 is 1.95 bits per heavy atom. The van der Waals surface area contributed by atoms with Crippen LogP contribution in [0.4, 0.5) is 0 Å². The third-order valence-electron chi connectivity index (χ3n) is 2.51. The van der Waals surface area contributed by atoms with Crippen molar-refractivity contribution in [2.75, 3.05) is 20.2 Å². The number of rotatable bonds is 5. The van der Waals surface area contributed by atoms with E-state index in [2.05, 4.69) is 4.74 Å². The van der Waals surface area contributed by atoms with Crippen LogP contribution in [-0.2, 0) is 19.6 Å². The van der Waals surface area contributed by atoms with Gasteiger partial charge in [0.25, 0.3) is 0 Å². The number of ether oxygens (including phenoxy) is 1. The lowest BCUT2D eigenvalue weighted by atomic mass is 10.2.